The first-order valence-corrected chi connectivity index (χ1v) is 8.94. The Morgan fingerprint density at radius 3 is 2.62 bits per heavy atom. The highest BCUT2D eigenvalue weighted by atomic mass is 16.6. The van der Waals surface area contributed by atoms with E-state index in [1.165, 1.54) is 12.8 Å². The molecule has 2 aliphatic rings. The van der Waals surface area contributed by atoms with Crippen molar-refractivity contribution in [1.29, 1.82) is 0 Å². The second-order valence-electron chi connectivity index (χ2n) is 6.49. The zero-order chi connectivity index (χ0) is 16.9. The minimum absolute atomic E-state index is 0.204. The van der Waals surface area contributed by atoms with E-state index in [1.54, 1.807) is 4.90 Å². The molecule has 2 aliphatic heterocycles. The number of ether oxygens (including phenoxy) is 1. The summed E-state index contributed by atoms with van der Waals surface area (Å²) in [5.41, 5.74) is 0.985. The lowest BCUT2D eigenvalue weighted by Crippen LogP contribution is -2.42. The number of likely N-dealkylation sites (tertiary alicyclic amines) is 1. The molecule has 24 heavy (non-hydrogen) atoms. The van der Waals surface area contributed by atoms with Gasteiger partial charge in [-0.25, -0.2) is 9.78 Å². The Bertz CT molecular complexity index is 566. The maximum Gasteiger partial charge on any atom is 0.409 e. The Morgan fingerprint density at radius 2 is 1.96 bits per heavy atom. The molecule has 0 atom stereocenters. The van der Waals surface area contributed by atoms with Gasteiger partial charge in [0.1, 0.15) is 5.82 Å². The van der Waals surface area contributed by atoms with Gasteiger partial charge in [0.2, 0.25) is 5.95 Å². The smallest absolute Gasteiger partial charge is 0.409 e. The quantitative estimate of drug-likeness (QED) is 0.912. The van der Waals surface area contributed by atoms with Crippen LogP contribution in [0.5, 0.6) is 0 Å². The molecule has 0 unspecified atom stereocenters. The number of aromatic nitrogens is 2. The molecule has 132 valence electrons. The van der Waals surface area contributed by atoms with E-state index in [0.717, 1.165) is 56.5 Å². The van der Waals surface area contributed by atoms with Gasteiger partial charge in [0.25, 0.3) is 0 Å². The van der Waals surface area contributed by atoms with Crippen LogP contribution in [-0.4, -0.2) is 59.8 Å². The molecule has 1 N–H and O–H groups in total. The summed E-state index contributed by atoms with van der Waals surface area (Å²) in [6.45, 7) is 7.80. The zero-order valence-electron chi connectivity index (χ0n) is 14.6. The van der Waals surface area contributed by atoms with E-state index in [2.05, 4.69) is 15.2 Å². The van der Waals surface area contributed by atoms with E-state index in [-0.39, 0.29) is 6.09 Å². The lowest BCUT2D eigenvalue weighted by atomic mass is 10.1. The summed E-state index contributed by atoms with van der Waals surface area (Å²) in [6, 6.07) is 2.33. The number of piperidine rings is 1. The largest absolute Gasteiger partial charge is 0.450 e. The fourth-order valence-corrected chi connectivity index (χ4v) is 3.32. The highest BCUT2D eigenvalue weighted by Gasteiger charge is 2.24. The Balaban J connectivity index is 1.58. The van der Waals surface area contributed by atoms with Crippen molar-refractivity contribution in [2.24, 2.45) is 0 Å². The van der Waals surface area contributed by atoms with Crippen molar-refractivity contribution >= 4 is 17.9 Å². The molecule has 0 bridgehead atoms. The van der Waals surface area contributed by atoms with Crippen LogP contribution in [0.15, 0.2) is 6.07 Å². The Morgan fingerprint density at radius 1 is 1.25 bits per heavy atom. The molecule has 0 spiro atoms. The molecule has 3 heterocycles. The molecular weight excluding hydrogens is 306 g/mol. The fraction of sp³-hybridized carbons (Fsp3) is 0.706. The van der Waals surface area contributed by atoms with Crippen LogP contribution in [0.25, 0.3) is 0 Å². The van der Waals surface area contributed by atoms with E-state index >= 15 is 0 Å². The number of hydrogen-bond donors (Lipinski definition) is 1. The van der Waals surface area contributed by atoms with Gasteiger partial charge in [-0.1, -0.05) is 0 Å². The first-order chi connectivity index (χ1) is 11.7. The lowest BCUT2D eigenvalue weighted by molar-refractivity contribution is 0.0983. The predicted octanol–water partition coefficient (Wildman–Crippen LogP) is 2.42. The third-order valence-electron chi connectivity index (χ3n) is 4.60. The van der Waals surface area contributed by atoms with Gasteiger partial charge in [0, 0.05) is 44.0 Å². The van der Waals surface area contributed by atoms with E-state index < -0.39 is 0 Å². The second kappa shape index (κ2) is 7.68. The Labute approximate surface area is 143 Å². The number of nitrogens with one attached hydrogen (secondary N) is 1. The van der Waals surface area contributed by atoms with Gasteiger partial charge in [-0.15, -0.1) is 0 Å². The number of nitrogens with zero attached hydrogens (tertiary/aromatic N) is 4. The average molecular weight is 333 g/mol. The van der Waals surface area contributed by atoms with Crippen molar-refractivity contribution in [2.75, 3.05) is 43.0 Å². The molecule has 0 radical (unpaired) electrons. The summed E-state index contributed by atoms with van der Waals surface area (Å²) in [7, 11) is 0. The SMILES string of the molecule is CCOC(=O)N1CCC(Nc2cc(C)nc(N3CCCC3)n2)CC1. The number of rotatable bonds is 4. The summed E-state index contributed by atoms with van der Waals surface area (Å²) in [5, 5.41) is 3.52. The van der Waals surface area contributed by atoms with Gasteiger partial charge >= 0.3 is 6.09 Å². The van der Waals surface area contributed by atoms with Crippen molar-refractivity contribution in [3.63, 3.8) is 0 Å². The fourth-order valence-electron chi connectivity index (χ4n) is 3.32. The van der Waals surface area contributed by atoms with Crippen LogP contribution in [0, 0.1) is 6.92 Å². The second-order valence-corrected chi connectivity index (χ2v) is 6.49. The number of carbonyl (C=O) groups is 1. The monoisotopic (exact) mass is 333 g/mol. The molecule has 1 aromatic rings. The van der Waals surface area contributed by atoms with Gasteiger partial charge in [0.05, 0.1) is 6.61 Å². The predicted molar refractivity (Wildman–Crippen MR) is 93.5 cm³/mol. The van der Waals surface area contributed by atoms with Crippen molar-refractivity contribution in [1.82, 2.24) is 14.9 Å². The van der Waals surface area contributed by atoms with E-state index in [4.69, 9.17) is 9.72 Å². The third-order valence-corrected chi connectivity index (χ3v) is 4.60. The molecule has 1 aromatic heterocycles. The molecule has 2 saturated heterocycles. The summed E-state index contributed by atoms with van der Waals surface area (Å²) in [4.78, 5) is 25.1. The minimum Gasteiger partial charge on any atom is -0.450 e. The molecule has 0 aromatic carbocycles. The number of anilines is 2. The molecule has 0 saturated carbocycles. The zero-order valence-corrected chi connectivity index (χ0v) is 14.6. The first-order valence-electron chi connectivity index (χ1n) is 8.94. The average Bonchev–Trinajstić information content (AvgIpc) is 3.10. The van der Waals surface area contributed by atoms with Gasteiger partial charge < -0.3 is 19.9 Å². The maximum atomic E-state index is 11.8. The van der Waals surface area contributed by atoms with Crippen molar-refractivity contribution < 1.29 is 9.53 Å². The number of carbonyl (C=O) groups excluding carboxylic acids is 1. The molecule has 7 nitrogen and oxygen atoms in total. The minimum atomic E-state index is -0.204. The van der Waals surface area contributed by atoms with E-state index in [1.807, 2.05) is 19.9 Å². The van der Waals surface area contributed by atoms with Crippen LogP contribution < -0.4 is 10.2 Å². The summed E-state index contributed by atoms with van der Waals surface area (Å²) in [6.07, 6.45) is 4.03. The van der Waals surface area contributed by atoms with Crippen molar-refractivity contribution in [3.05, 3.63) is 11.8 Å². The van der Waals surface area contributed by atoms with Crippen LogP contribution in [0.2, 0.25) is 0 Å². The summed E-state index contributed by atoms with van der Waals surface area (Å²) in [5.74, 6) is 1.72. The molecule has 1 amide bonds. The normalized spacial score (nSPS) is 18.8. The van der Waals surface area contributed by atoms with Gasteiger partial charge in [-0.05, 0) is 39.5 Å². The molecular formula is C17H27N5O2. The van der Waals surface area contributed by atoms with Crippen molar-refractivity contribution in [2.45, 2.75) is 45.6 Å². The first kappa shape index (κ1) is 16.8. The Kier molecular flexibility index (Phi) is 5.37. The summed E-state index contributed by atoms with van der Waals surface area (Å²) < 4.78 is 5.06. The van der Waals surface area contributed by atoms with Crippen LogP contribution in [0.1, 0.15) is 38.3 Å². The molecule has 2 fully saturated rings. The molecule has 7 heteroatoms. The lowest BCUT2D eigenvalue weighted by Gasteiger charge is -2.32. The van der Waals surface area contributed by atoms with Gasteiger partial charge in [0.15, 0.2) is 0 Å². The van der Waals surface area contributed by atoms with Crippen LogP contribution in [0.4, 0.5) is 16.6 Å². The van der Waals surface area contributed by atoms with Crippen molar-refractivity contribution in [3.8, 4) is 0 Å². The van der Waals surface area contributed by atoms with Crippen LogP contribution >= 0.6 is 0 Å². The number of amides is 1. The molecule has 0 aliphatic carbocycles. The van der Waals surface area contributed by atoms with Gasteiger partial charge in [-0.2, -0.15) is 4.98 Å². The number of hydrogen-bond acceptors (Lipinski definition) is 6. The third kappa shape index (κ3) is 4.07. The number of aryl methyl sites for hydroxylation is 1. The Hall–Kier alpha value is -2.05. The maximum absolute atomic E-state index is 11.8. The summed E-state index contributed by atoms with van der Waals surface area (Å²) >= 11 is 0. The van der Waals surface area contributed by atoms with E-state index in [9.17, 15) is 4.79 Å². The van der Waals surface area contributed by atoms with Crippen LogP contribution in [-0.2, 0) is 4.74 Å². The van der Waals surface area contributed by atoms with E-state index in [0.29, 0.717) is 12.6 Å². The standard InChI is InChI=1S/C17H27N5O2/c1-3-24-17(23)22-10-6-14(7-11-22)19-15-12-13(2)18-16(20-15)21-8-4-5-9-21/h12,14H,3-11H2,1-2H3,(H,18,19,20). The van der Waals surface area contributed by atoms with Gasteiger partial charge in [-0.3, -0.25) is 0 Å². The highest BCUT2D eigenvalue weighted by Crippen LogP contribution is 2.21. The topological polar surface area (TPSA) is 70.6 Å². The highest BCUT2D eigenvalue weighted by molar-refractivity contribution is 5.67. The molecule has 3 rings (SSSR count). The van der Waals surface area contributed by atoms with Crippen LogP contribution in [0.3, 0.4) is 0 Å².